The molecule has 0 saturated carbocycles. The molecule has 0 saturated heterocycles. The Labute approximate surface area is 247 Å². The molecule has 1 atom stereocenters. The maximum Gasteiger partial charge on any atom is 0.508 e. The summed E-state index contributed by atoms with van der Waals surface area (Å²) in [6.07, 6.45) is 1.86. The number of hydrogen-bond donors (Lipinski definition) is 1. The Hall–Kier alpha value is -3.19. The molecule has 0 aliphatic heterocycles. The molecular weight excluding hydrogens is 573 g/mol. The van der Waals surface area contributed by atoms with Gasteiger partial charge in [0.05, 0.1) is 39.6 Å². The highest BCUT2D eigenvalue weighted by molar-refractivity contribution is 7.52. The maximum absolute atomic E-state index is 13.6. The lowest BCUT2D eigenvalue weighted by Gasteiger charge is -2.28. The Morgan fingerprint density at radius 1 is 0.786 bits per heavy atom. The number of hydroxylamine groups is 3. The molecule has 0 aliphatic carbocycles. The van der Waals surface area contributed by atoms with E-state index in [2.05, 4.69) is 4.76 Å². The number of nitrogens with zero attached hydrogens (tertiary/aromatic N) is 2. The van der Waals surface area contributed by atoms with Crippen LogP contribution in [0, 0.1) is 0 Å². The Balaban J connectivity index is 2.89. The first-order valence-corrected chi connectivity index (χ1v) is 15.5. The fourth-order valence-corrected chi connectivity index (χ4v) is 4.51. The van der Waals surface area contributed by atoms with Crippen LogP contribution in [0.1, 0.15) is 64.9 Å². The second-order valence-electron chi connectivity index (χ2n) is 9.23. The minimum atomic E-state index is -4.28. The van der Waals surface area contributed by atoms with Crippen molar-refractivity contribution in [1.82, 2.24) is 0 Å². The van der Waals surface area contributed by atoms with Crippen LogP contribution in [-0.4, -0.2) is 75.6 Å². The summed E-state index contributed by atoms with van der Waals surface area (Å²) in [5.41, 5.74) is 7.00. The molecule has 0 fully saturated rings. The van der Waals surface area contributed by atoms with Gasteiger partial charge in [-0.15, -0.1) is 4.76 Å². The monoisotopic (exact) mass is 618 g/mol. The number of ether oxygens (including phenoxy) is 4. The van der Waals surface area contributed by atoms with E-state index in [1.165, 1.54) is 14.0 Å². The van der Waals surface area contributed by atoms with Gasteiger partial charge in [-0.2, -0.15) is 0 Å². The van der Waals surface area contributed by atoms with E-state index < -0.39 is 30.7 Å². The molecule has 0 amide bonds. The Bertz CT molecular complexity index is 990. The fourth-order valence-electron chi connectivity index (χ4n) is 3.16. The largest absolute Gasteiger partial charge is 0.508 e. The second-order valence-corrected chi connectivity index (χ2v) is 10.9. The molecule has 0 spiro atoms. The van der Waals surface area contributed by atoms with Gasteiger partial charge in [-0.25, -0.2) is 18.9 Å². The minimum Gasteiger partial charge on any atom is -0.434 e. The van der Waals surface area contributed by atoms with Gasteiger partial charge < -0.3 is 24.7 Å². The molecule has 0 aliphatic rings. The summed E-state index contributed by atoms with van der Waals surface area (Å²) in [5, 5.41) is 0. The predicted molar refractivity (Wildman–Crippen MR) is 153 cm³/mol. The van der Waals surface area contributed by atoms with Crippen molar-refractivity contribution in [2.24, 2.45) is 10.5 Å². The van der Waals surface area contributed by atoms with E-state index in [0.29, 0.717) is 0 Å². The summed E-state index contributed by atoms with van der Waals surface area (Å²) in [6.45, 7) is 5.26. The zero-order valence-electron chi connectivity index (χ0n) is 25.0. The molecule has 0 radical (unpaired) electrons. The van der Waals surface area contributed by atoms with Crippen LogP contribution >= 0.6 is 7.75 Å². The predicted octanol–water partition coefficient (Wildman–Crippen LogP) is 5.25. The van der Waals surface area contributed by atoms with Gasteiger partial charge >= 0.3 is 32.0 Å². The third-order valence-electron chi connectivity index (χ3n) is 5.33. The number of benzene rings is 1. The molecule has 14 nitrogen and oxygen atoms in total. The molecule has 42 heavy (non-hydrogen) atoms. The first kappa shape index (κ1) is 36.8. The lowest BCUT2D eigenvalue weighted by molar-refractivity contribution is -1.01. The first-order chi connectivity index (χ1) is 20.0. The Morgan fingerprint density at radius 2 is 1.24 bits per heavy atom. The molecule has 238 valence electrons. The van der Waals surface area contributed by atoms with E-state index in [4.69, 9.17) is 38.6 Å². The zero-order valence-corrected chi connectivity index (χ0v) is 25.9. The fraction of sp³-hybridized carbons (Fsp3) is 0.630. The van der Waals surface area contributed by atoms with Gasteiger partial charge in [-0.05, 0) is 12.8 Å². The van der Waals surface area contributed by atoms with E-state index in [-0.39, 0.29) is 65.0 Å². The van der Waals surface area contributed by atoms with Crippen molar-refractivity contribution in [3.8, 4) is 0 Å². The summed E-state index contributed by atoms with van der Waals surface area (Å²) < 4.78 is 47.7. The number of nitrogens with two attached hydrogens (primary N) is 1. The van der Waals surface area contributed by atoms with Gasteiger partial charge in [0, 0.05) is 25.3 Å². The maximum atomic E-state index is 13.6. The summed E-state index contributed by atoms with van der Waals surface area (Å²) >= 11 is 0. The van der Waals surface area contributed by atoms with Crippen molar-refractivity contribution < 1.29 is 56.4 Å². The van der Waals surface area contributed by atoms with E-state index in [9.17, 15) is 18.9 Å². The average Bonchev–Trinajstić information content (AvgIpc) is 2.93. The van der Waals surface area contributed by atoms with Crippen molar-refractivity contribution in [3.63, 3.8) is 0 Å². The number of hydrogen-bond acceptors (Lipinski definition) is 11. The van der Waals surface area contributed by atoms with Crippen molar-refractivity contribution in [1.29, 1.82) is 0 Å². The van der Waals surface area contributed by atoms with Crippen LogP contribution in [0.4, 0.5) is 9.59 Å². The van der Waals surface area contributed by atoms with Gasteiger partial charge in [0.15, 0.2) is 6.54 Å². The zero-order chi connectivity index (χ0) is 31.3. The lowest BCUT2D eigenvalue weighted by Crippen LogP contribution is -2.53. The van der Waals surface area contributed by atoms with Crippen LogP contribution in [-0.2, 0) is 48.7 Å². The number of guanidine groups is 1. The number of quaternary nitrogens is 1. The molecular formula is C27H45N3O11P+. The van der Waals surface area contributed by atoms with Crippen LogP contribution in [0.3, 0.4) is 0 Å². The van der Waals surface area contributed by atoms with Crippen LogP contribution in [0.15, 0.2) is 35.1 Å². The standard InChI is InChI=1S/C27H45N3O11P/c1-5-7-16-35-26(32)37-18-12-20-39-42(34,40-21-13-19-38-27(33)36-17-8-6-2)29-25(28)30(4,41-23(3)31)22-24-14-10-9-11-15-24/h9-11,14-15H,5-8,12-13,16-22H2,1-4H3,(H2,28,29,34)/q+1. The average molecular weight is 619 g/mol. The highest BCUT2D eigenvalue weighted by atomic mass is 31.2. The second kappa shape index (κ2) is 20.6. The molecule has 1 aromatic carbocycles. The van der Waals surface area contributed by atoms with Crippen LogP contribution in [0.5, 0.6) is 0 Å². The minimum absolute atomic E-state index is 0.0621. The number of carbonyl (C=O) groups is 3. The van der Waals surface area contributed by atoms with E-state index >= 15 is 0 Å². The quantitative estimate of drug-likeness (QED) is 0.0406. The summed E-state index contributed by atoms with van der Waals surface area (Å²) in [5.74, 6) is -0.988. The van der Waals surface area contributed by atoms with Gasteiger partial charge in [0.25, 0.3) is 0 Å². The number of carbonyl (C=O) groups excluding carboxylic acids is 3. The van der Waals surface area contributed by atoms with E-state index in [1.54, 1.807) is 24.3 Å². The van der Waals surface area contributed by atoms with Gasteiger partial charge in [0.2, 0.25) is 0 Å². The molecule has 0 bridgehead atoms. The lowest BCUT2D eigenvalue weighted by atomic mass is 10.2. The smallest absolute Gasteiger partial charge is 0.434 e. The van der Waals surface area contributed by atoms with Gasteiger partial charge in [0.1, 0.15) is 7.05 Å². The topological polar surface area (TPSA) is 171 Å². The third kappa shape index (κ3) is 16.3. The SMILES string of the molecule is CCCCOC(=O)OCCCOP(=O)(N=C(N)[N+](C)(Cc1ccccc1)OC(C)=O)OCCCOC(=O)OCCCC. The first-order valence-electron chi connectivity index (χ1n) is 14.0. The van der Waals surface area contributed by atoms with Crippen molar-refractivity contribution in [3.05, 3.63) is 35.9 Å². The molecule has 0 heterocycles. The highest BCUT2D eigenvalue weighted by Gasteiger charge is 2.37. The van der Waals surface area contributed by atoms with E-state index in [1.807, 2.05) is 19.9 Å². The van der Waals surface area contributed by atoms with Crippen molar-refractivity contribution >= 4 is 32.0 Å². The van der Waals surface area contributed by atoms with Gasteiger partial charge in [-0.1, -0.05) is 61.7 Å². The molecule has 1 rings (SSSR count). The number of rotatable bonds is 19. The molecule has 0 aromatic heterocycles. The Kier molecular flexibility index (Phi) is 18.1. The molecule has 15 heteroatoms. The highest BCUT2D eigenvalue weighted by Crippen LogP contribution is 2.50. The van der Waals surface area contributed by atoms with Crippen molar-refractivity contribution in [2.75, 3.05) is 46.7 Å². The summed E-state index contributed by atoms with van der Waals surface area (Å²) in [4.78, 5) is 40.5. The normalized spacial score (nSPS) is 13.1. The van der Waals surface area contributed by atoms with Crippen LogP contribution < -0.4 is 5.73 Å². The van der Waals surface area contributed by atoms with Crippen molar-refractivity contribution in [2.45, 2.75) is 65.8 Å². The van der Waals surface area contributed by atoms with Gasteiger partial charge in [-0.3, -0.25) is 13.9 Å². The molecule has 1 unspecified atom stereocenters. The molecule has 2 N–H and O–H groups in total. The van der Waals surface area contributed by atoms with E-state index in [0.717, 1.165) is 31.2 Å². The third-order valence-corrected chi connectivity index (χ3v) is 6.80. The summed E-state index contributed by atoms with van der Waals surface area (Å²) in [6, 6.07) is 9.05. The Morgan fingerprint density at radius 3 is 1.67 bits per heavy atom. The molecule has 1 aromatic rings. The van der Waals surface area contributed by atoms with Crippen LogP contribution in [0.25, 0.3) is 0 Å². The van der Waals surface area contributed by atoms with Crippen LogP contribution in [0.2, 0.25) is 0 Å². The number of unbranched alkanes of at least 4 members (excludes halogenated alkanes) is 2. The summed E-state index contributed by atoms with van der Waals surface area (Å²) in [7, 11) is -2.80.